The molecule has 4 aliphatic carbocycles. The second kappa shape index (κ2) is 7.40. The van der Waals surface area contributed by atoms with Crippen LogP contribution in [0.1, 0.15) is 69.9 Å². The summed E-state index contributed by atoms with van der Waals surface area (Å²) < 4.78 is 1.03. The number of amides is 2. The van der Waals surface area contributed by atoms with E-state index < -0.39 is 0 Å². The molecule has 2 atom stereocenters. The minimum Gasteiger partial charge on any atom is -0.348 e. The highest BCUT2D eigenvalue weighted by Crippen LogP contribution is 2.60. The van der Waals surface area contributed by atoms with E-state index in [9.17, 15) is 9.59 Å². The van der Waals surface area contributed by atoms with Crippen molar-refractivity contribution in [3.63, 3.8) is 0 Å². The predicted molar refractivity (Wildman–Crippen MR) is 116 cm³/mol. The summed E-state index contributed by atoms with van der Waals surface area (Å²) in [5.74, 6) is 2.55. The molecule has 1 aromatic rings. The highest BCUT2D eigenvalue weighted by Gasteiger charge is 2.56. The number of nitrogens with zero attached hydrogens (tertiary/aromatic N) is 1. The molecule has 5 fully saturated rings. The zero-order valence-corrected chi connectivity index (χ0v) is 18.8. The number of nitrogens with one attached hydrogen (secondary N) is 1. The summed E-state index contributed by atoms with van der Waals surface area (Å²) in [6, 6.07) is 7.69. The fraction of sp³-hybridized carbons (Fsp3) is 0.667. The SMILES string of the molecule is CC(NC(=O)C1CCCN1C(=O)C12CC3CC(CC(C3)C1)C2)c1ccc(Br)cc1. The van der Waals surface area contributed by atoms with E-state index >= 15 is 0 Å². The van der Waals surface area contributed by atoms with Gasteiger partial charge in [-0.05, 0) is 93.7 Å². The number of hydrogen-bond donors (Lipinski definition) is 1. The lowest BCUT2D eigenvalue weighted by atomic mass is 9.49. The third-order valence-electron chi connectivity index (χ3n) is 8.04. The Bertz CT molecular complexity index is 770. The van der Waals surface area contributed by atoms with Crippen molar-refractivity contribution >= 4 is 27.7 Å². The molecule has 4 nitrogen and oxygen atoms in total. The molecular weight excluding hydrogens is 428 g/mol. The molecule has 1 aliphatic heterocycles. The molecule has 0 aromatic heterocycles. The van der Waals surface area contributed by atoms with Crippen LogP contribution in [-0.4, -0.2) is 29.3 Å². The molecule has 1 N–H and O–H groups in total. The maximum Gasteiger partial charge on any atom is 0.243 e. The molecule has 0 radical (unpaired) electrons. The molecule has 4 bridgehead atoms. The van der Waals surface area contributed by atoms with Crippen LogP contribution in [0.2, 0.25) is 0 Å². The Kier molecular flexibility index (Phi) is 5.00. The Morgan fingerprint density at radius 2 is 1.66 bits per heavy atom. The van der Waals surface area contributed by atoms with Crippen molar-refractivity contribution in [3.05, 3.63) is 34.3 Å². The number of carbonyl (C=O) groups excluding carboxylic acids is 2. The van der Waals surface area contributed by atoms with Crippen LogP contribution in [0.15, 0.2) is 28.7 Å². The van der Waals surface area contributed by atoms with Crippen LogP contribution < -0.4 is 5.32 Å². The molecule has 29 heavy (non-hydrogen) atoms. The van der Waals surface area contributed by atoms with Crippen molar-refractivity contribution in [1.82, 2.24) is 10.2 Å². The lowest BCUT2D eigenvalue weighted by Crippen LogP contribution is -2.57. The van der Waals surface area contributed by atoms with Crippen LogP contribution in [0.3, 0.4) is 0 Å². The fourth-order valence-corrected chi connectivity index (χ4v) is 7.37. The highest BCUT2D eigenvalue weighted by molar-refractivity contribution is 9.10. The molecular formula is C24H31BrN2O2. The average Bonchev–Trinajstić information content (AvgIpc) is 3.16. The molecule has 0 spiro atoms. The van der Waals surface area contributed by atoms with Gasteiger partial charge >= 0.3 is 0 Å². The predicted octanol–water partition coefficient (Wildman–Crippen LogP) is 4.83. The smallest absolute Gasteiger partial charge is 0.243 e. The van der Waals surface area contributed by atoms with Gasteiger partial charge in [0.15, 0.2) is 0 Å². The first-order chi connectivity index (χ1) is 13.9. The van der Waals surface area contributed by atoms with Gasteiger partial charge in [0.25, 0.3) is 0 Å². The van der Waals surface area contributed by atoms with Crippen molar-refractivity contribution in [2.75, 3.05) is 6.54 Å². The minimum atomic E-state index is -0.298. The molecule has 2 amide bonds. The zero-order chi connectivity index (χ0) is 20.2. The molecule has 4 saturated carbocycles. The lowest BCUT2D eigenvalue weighted by Gasteiger charge is -2.56. The Balaban J connectivity index is 1.29. The number of carbonyl (C=O) groups is 2. The molecule has 5 aliphatic rings. The van der Waals surface area contributed by atoms with Crippen molar-refractivity contribution in [1.29, 1.82) is 0 Å². The monoisotopic (exact) mass is 458 g/mol. The Morgan fingerprint density at radius 3 is 2.24 bits per heavy atom. The highest BCUT2D eigenvalue weighted by atomic mass is 79.9. The van der Waals surface area contributed by atoms with E-state index in [0.717, 1.165) is 66.4 Å². The second-order valence-corrected chi connectivity index (χ2v) is 11.1. The van der Waals surface area contributed by atoms with Crippen molar-refractivity contribution in [2.45, 2.75) is 70.4 Å². The Hall–Kier alpha value is -1.36. The topological polar surface area (TPSA) is 49.4 Å². The summed E-state index contributed by atoms with van der Waals surface area (Å²) in [5.41, 5.74) is 0.924. The first kappa shape index (κ1) is 19.6. The quantitative estimate of drug-likeness (QED) is 0.701. The van der Waals surface area contributed by atoms with Gasteiger partial charge in [-0.15, -0.1) is 0 Å². The van der Waals surface area contributed by atoms with Crippen LogP contribution in [0.4, 0.5) is 0 Å². The van der Waals surface area contributed by atoms with E-state index in [1.807, 2.05) is 36.1 Å². The first-order valence-electron chi connectivity index (χ1n) is 11.3. The van der Waals surface area contributed by atoms with Gasteiger partial charge in [0.2, 0.25) is 11.8 Å². The molecule has 1 heterocycles. The van der Waals surface area contributed by atoms with Gasteiger partial charge in [0.1, 0.15) is 6.04 Å². The summed E-state index contributed by atoms with van der Waals surface area (Å²) in [7, 11) is 0. The van der Waals surface area contributed by atoms with Crippen LogP contribution in [0.25, 0.3) is 0 Å². The van der Waals surface area contributed by atoms with Crippen LogP contribution >= 0.6 is 15.9 Å². The van der Waals surface area contributed by atoms with Gasteiger partial charge in [-0.25, -0.2) is 0 Å². The van der Waals surface area contributed by atoms with Crippen molar-refractivity contribution < 1.29 is 9.59 Å². The van der Waals surface area contributed by atoms with E-state index in [1.54, 1.807) is 0 Å². The van der Waals surface area contributed by atoms with Gasteiger partial charge < -0.3 is 10.2 Å². The maximum atomic E-state index is 13.7. The van der Waals surface area contributed by atoms with Gasteiger partial charge in [0, 0.05) is 11.0 Å². The summed E-state index contributed by atoms with van der Waals surface area (Å²) in [6.07, 6.45) is 8.93. The van der Waals surface area contributed by atoms with E-state index in [0.29, 0.717) is 5.91 Å². The zero-order valence-electron chi connectivity index (χ0n) is 17.2. The summed E-state index contributed by atoms with van der Waals surface area (Å²) in [5, 5.41) is 3.17. The van der Waals surface area contributed by atoms with Crippen molar-refractivity contribution in [3.8, 4) is 0 Å². The fourth-order valence-electron chi connectivity index (χ4n) is 7.10. The largest absolute Gasteiger partial charge is 0.348 e. The molecule has 6 rings (SSSR count). The van der Waals surface area contributed by atoms with Gasteiger partial charge in [0.05, 0.1) is 11.5 Å². The normalized spacial score (nSPS) is 36.3. The molecule has 5 heteroatoms. The third kappa shape index (κ3) is 3.54. The minimum absolute atomic E-state index is 0.0102. The Morgan fingerprint density at radius 1 is 1.07 bits per heavy atom. The maximum absolute atomic E-state index is 13.7. The molecule has 2 unspecified atom stereocenters. The summed E-state index contributed by atoms with van der Waals surface area (Å²) in [4.78, 5) is 28.8. The van der Waals surface area contributed by atoms with E-state index in [-0.39, 0.29) is 23.4 Å². The first-order valence-corrected chi connectivity index (χ1v) is 12.1. The van der Waals surface area contributed by atoms with Crippen LogP contribution in [0.5, 0.6) is 0 Å². The number of halogens is 1. The van der Waals surface area contributed by atoms with Crippen LogP contribution in [0, 0.1) is 23.2 Å². The standard InChI is InChI=1S/C24H31BrN2O2/c1-15(19-4-6-20(25)7-5-19)26-22(28)21-3-2-8-27(21)23(29)24-12-16-9-17(13-24)11-18(10-16)14-24/h4-7,15-18,21H,2-3,8-14H2,1H3,(H,26,28). The van der Waals surface area contributed by atoms with Gasteiger partial charge in [-0.3, -0.25) is 9.59 Å². The van der Waals surface area contributed by atoms with E-state index in [1.165, 1.54) is 19.3 Å². The van der Waals surface area contributed by atoms with E-state index in [2.05, 4.69) is 21.2 Å². The van der Waals surface area contributed by atoms with Crippen molar-refractivity contribution in [2.24, 2.45) is 23.2 Å². The molecule has 156 valence electrons. The summed E-state index contributed by atoms with van der Waals surface area (Å²) in [6.45, 7) is 2.76. The molecule has 1 saturated heterocycles. The van der Waals surface area contributed by atoms with Gasteiger partial charge in [-0.2, -0.15) is 0 Å². The Labute approximate surface area is 181 Å². The van der Waals surface area contributed by atoms with E-state index in [4.69, 9.17) is 0 Å². The number of likely N-dealkylation sites (tertiary alicyclic amines) is 1. The average molecular weight is 459 g/mol. The second-order valence-electron chi connectivity index (χ2n) is 10.1. The number of rotatable bonds is 4. The lowest BCUT2D eigenvalue weighted by molar-refractivity contribution is -0.160. The number of hydrogen-bond acceptors (Lipinski definition) is 2. The number of benzene rings is 1. The van der Waals surface area contributed by atoms with Crippen LogP contribution in [-0.2, 0) is 9.59 Å². The summed E-state index contributed by atoms with van der Waals surface area (Å²) >= 11 is 3.46. The molecule has 1 aromatic carbocycles. The van der Waals surface area contributed by atoms with Gasteiger partial charge in [-0.1, -0.05) is 28.1 Å². The third-order valence-corrected chi connectivity index (χ3v) is 8.57.